The van der Waals surface area contributed by atoms with Gasteiger partial charge in [-0.3, -0.25) is 0 Å². The van der Waals surface area contributed by atoms with Gasteiger partial charge in [-0.1, -0.05) is 54.0 Å². The highest BCUT2D eigenvalue weighted by Gasteiger charge is 2.08. The van der Waals surface area contributed by atoms with Crippen LogP contribution >= 0.6 is 15.9 Å². The fourth-order valence-corrected chi connectivity index (χ4v) is 1.33. The fraction of sp³-hybridized carbons (Fsp3) is 0.462. The quantitative estimate of drug-likeness (QED) is 0.344. The number of hydrogen-bond donors (Lipinski definition) is 0. The zero-order valence-corrected chi connectivity index (χ0v) is 13.5. The van der Waals surface area contributed by atoms with Crippen LogP contribution in [0, 0.1) is 23.3 Å². The predicted molar refractivity (Wildman–Crippen MR) is 78.7 cm³/mol. The number of ether oxygens (including phenoxy) is 2. The summed E-state index contributed by atoms with van der Waals surface area (Å²) >= 11 is 3.16. The molecule has 0 aliphatic rings. The average Bonchev–Trinajstić information content (AvgIpc) is 2.23. The third-order valence-corrected chi connectivity index (χ3v) is 2.48. The van der Waals surface area contributed by atoms with Crippen LogP contribution in [0.3, 0.4) is 0 Å². The van der Waals surface area contributed by atoms with Gasteiger partial charge in [0.15, 0.2) is 6.61 Å². The van der Waals surface area contributed by atoms with Crippen LogP contribution in [-0.4, -0.2) is 33.9 Å². The first-order valence-corrected chi connectivity index (χ1v) is 9.67. The minimum Gasteiger partial charge on any atom is -0.443 e. The van der Waals surface area contributed by atoms with Crippen LogP contribution < -0.4 is 0 Å². The third-order valence-electron chi connectivity index (χ3n) is 1.37. The van der Waals surface area contributed by atoms with Crippen molar-refractivity contribution in [3.63, 3.8) is 0 Å². The molecule has 5 heteroatoms. The van der Waals surface area contributed by atoms with Gasteiger partial charge in [-0.25, -0.2) is 4.79 Å². The Hall–Kier alpha value is -1.01. The second-order valence-corrected chi connectivity index (χ2v) is 10.3. The minimum atomic E-state index is -1.53. The summed E-state index contributed by atoms with van der Waals surface area (Å²) in [4.78, 5) is 11.2. The average molecular weight is 329 g/mol. The van der Waals surface area contributed by atoms with E-state index in [2.05, 4.69) is 65.5 Å². The van der Waals surface area contributed by atoms with Crippen LogP contribution in [0.5, 0.6) is 0 Å². The highest BCUT2D eigenvalue weighted by molar-refractivity contribution is 9.11. The molecule has 98 valence electrons. The predicted octanol–water partition coefficient (Wildman–Crippen LogP) is 2.34. The monoisotopic (exact) mass is 328 g/mol. The van der Waals surface area contributed by atoms with Crippen LogP contribution in [0.25, 0.3) is 0 Å². The molecule has 0 bridgehead atoms. The zero-order valence-electron chi connectivity index (χ0n) is 10.9. The molecule has 0 fully saturated rings. The molecule has 0 saturated carbocycles. The molecule has 0 N–H and O–H groups in total. The lowest BCUT2D eigenvalue weighted by Gasteiger charge is -2.02. The van der Waals surface area contributed by atoms with E-state index in [4.69, 9.17) is 9.47 Å². The van der Waals surface area contributed by atoms with Gasteiger partial charge in [0.2, 0.25) is 0 Å². The Kier molecular flexibility index (Phi) is 8.48. The Morgan fingerprint density at radius 1 is 1.28 bits per heavy atom. The summed E-state index contributed by atoms with van der Waals surface area (Å²) in [5, 5.41) is 0. The number of halogens is 1. The molecular formula is C13H17BrO3Si. The molecule has 0 aliphatic heterocycles. The van der Waals surface area contributed by atoms with Crippen LogP contribution in [0.1, 0.15) is 0 Å². The molecule has 3 nitrogen and oxygen atoms in total. The highest BCUT2D eigenvalue weighted by Crippen LogP contribution is 1.99. The van der Waals surface area contributed by atoms with Gasteiger partial charge < -0.3 is 9.47 Å². The van der Waals surface area contributed by atoms with Crippen LogP contribution in [-0.2, 0) is 14.3 Å². The Morgan fingerprint density at radius 2 is 1.89 bits per heavy atom. The summed E-state index contributed by atoms with van der Waals surface area (Å²) in [6, 6.07) is 0. The Morgan fingerprint density at radius 3 is 2.44 bits per heavy atom. The maximum Gasteiger partial charge on any atom is 0.384 e. The van der Waals surface area contributed by atoms with Gasteiger partial charge in [0.25, 0.3) is 0 Å². The summed E-state index contributed by atoms with van der Waals surface area (Å²) < 4.78 is 10.7. The molecule has 0 rings (SSSR count). The number of carbonyl (C=O) groups excluding carboxylic acids is 1. The van der Waals surface area contributed by atoms with Gasteiger partial charge in [0.05, 0.1) is 6.61 Å². The molecule has 0 saturated heterocycles. The lowest BCUT2D eigenvalue weighted by Crippen LogP contribution is -2.17. The lowest BCUT2D eigenvalue weighted by molar-refractivity contribution is -0.135. The molecule has 0 aliphatic carbocycles. The van der Waals surface area contributed by atoms with E-state index in [9.17, 15) is 4.79 Å². The first-order valence-electron chi connectivity index (χ1n) is 5.38. The van der Waals surface area contributed by atoms with Crippen molar-refractivity contribution in [1.82, 2.24) is 0 Å². The number of carbonyl (C=O) groups is 1. The summed E-state index contributed by atoms with van der Waals surface area (Å²) in [7, 11) is -1.53. The van der Waals surface area contributed by atoms with E-state index >= 15 is 0 Å². The first-order chi connectivity index (χ1) is 8.31. The standard InChI is InChI=1S/C13H17BrO3Si/c1-12(14)11-16-8-5-6-9-17-13(15)7-10-18(2,3)4/h1,8-9,11H2,2-4H3. The fourth-order valence-electron chi connectivity index (χ4n) is 0.691. The van der Waals surface area contributed by atoms with Crippen molar-refractivity contribution in [2.24, 2.45) is 0 Å². The van der Waals surface area contributed by atoms with Crippen molar-refractivity contribution in [3.05, 3.63) is 11.1 Å². The van der Waals surface area contributed by atoms with Crippen molar-refractivity contribution in [2.45, 2.75) is 19.6 Å². The molecule has 0 aromatic carbocycles. The molecule has 0 aromatic rings. The Labute approximate surface area is 118 Å². The maximum absolute atomic E-state index is 11.2. The second kappa shape index (κ2) is 8.99. The van der Waals surface area contributed by atoms with E-state index in [-0.39, 0.29) is 13.2 Å². The number of hydrogen-bond acceptors (Lipinski definition) is 3. The van der Waals surface area contributed by atoms with Gasteiger partial charge in [-0.15, -0.1) is 5.54 Å². The SMILES string of the molecule is C=C(Br)COCC#CCOC(=O)C#C[Si](C)(C)C. The van der Waals surface area contributed by atoms with Crippen LogP contribution in [0.4, 0.5) is 0 Å². The minimum absolute atomic E-state index is 0.0395. The van der Waals surface area contributed by atoms with E-state index in [0.717, 1.165) is 4.48 Å². The van der Waals surface area contributed by atoms with Gasteiger partial charge in [0.1, 0.15) is 14.7 Å². The van der Waals surface area contributed by atoms with Crippen molar-refractivity contribution in [1.29, 1.82) is 0 Å². The molecule has 0 spiro atoms. The smallest absolute Gasteiger partial charge is 0.384 e. The molecule has 0 unspecified atom stereocenters. The number of rotatable bonds is 4. The summed E-state index contributed by atoms with van der Waals surface area (Å²) in [6.45, 7) is 10.5. The van der Waals surface area contributed by atoms with Gasteiger partial charge in [-0.05, 0) is 0 Å². The third kappa shape index (κ3) is 13.1. The second-order valence-electron chi connectivity index (χ2n) is 4.44. The first kappa shape index (κ1) is 17.0. The molecular weight excluding hydrogens is 312 g/mol. The van der Waals surface area contributed by atoms with E-state index < -0.39 is 14.0 Å². The molecule has 0 amide bonds. The molecule has 0 radical (unpaired) electrons. The van der Waals surface area contributed by atoms with Crippen LogP contribution in [0.15, 0.2) is 11.1 Å². The van der Waals surface area contributed by atoms with E-state index in [1.807, 2.05) is 0 Å². The highest BCUT2D eigenvalue weighted by atomic mass is 79.9. The van der Waals surface area contributed by atoms with Gasteiger partial charge in [0, 0.05) is 10.4 Å². The molecule has 18 heavy (non-hydrogen) atoms. The Balaban J connectivity index is 3.78. The Bertz CT molecular complexity index is 415. The lowest BCUT2D eigenvalue weighted by atomic mass is 10.6. The van der Waals surface area contributed by atoms with Crippen molar-refractivity contribution >= 4 is 30.0 Å². The van der Waals surface area contributed by atoms with E-state index in [0.29, 0.717) is 6.61 Å². The van der Waals surface area contributed by atoms with E-state index in [1.165, 1.54) is 0 Å². The number of esters is 1. The summed E-state index contributed by atoms with van der Waals surface area (Å²) in [5.74, 6) is 7.33. The summed E-state index contributed by atoms with van der Waals surface area (Å²) in [5.41, 5.74) is 2.92. The van der Waals surface area contributed by atoms with Gasteiger partial charge in [-0.2, -0.15) is 0 Å². The zero-order chi connectivity index (χ0) is 14.0. The maximum atomic E-state index is 11.2. The largest absolute Gasteiger partial charge is 0.443 e. The normalized spacial score (nSPS) is 9.56. The van der Waals surface area contributed by atoms with Crippen LogP contribution in [0.2, 0.25) is 19.6 Å². The molecule has 0 aromatic heterocycles. The van der Waals surface area contributed by atoms with Gasteiger partial charge >= 0.3 is 5.97 Å². The van der Waals surface area contributed by atoms with Crippen molar-refractivity contribution in [3.8, 4) is 23.3 Å². The van der Waals surface area contributed by atoms with Crippen molar-refractivity contribution < 1.29 is 14.3 Å². The molecule has 0 atom stereocenters. The summed E-state index contributed by atoms with van der Waals surface area (Å²) in [6.07, 6.45) is 0. The molecule has 0 heterocycles. The van der Waals surface area contributed by atoms with E-state index in [1.54, 1.807) is 0 Å². The van der Waals surface area contributed by atoms with Crippen molar-refractivity contribution in [2.75, 3.05) is 19.8 Å². The topological polar surface area (TPSA) is 35.5 Å².